The molecule has 3 rings (SSSR count). The van der Waals surface area contributed by atoms with Gasteiger partial charge in [0.05, 0.1) is 7.11 Å². The van der Waals surface area contributed by atoms with E-state index in [4.69, 9.17) is 9.47 Å². The van der Waals surface area contributed by atoms with Crippen LogP contribution in [0.1, 0.15) is 26.5 Å². The fourth-order valence-electron chi connectivity index (χ4n) is 3.38. The van der Waals surface area contributed by atoms with Crippen LogP contribution in [0.25, 0.3) is 11.1 Å². The van der Waals surface area contributed by atoms with Crippen molar-refractivity contribution >= 4 is 11.8 Å². The Balaban J connectivity index is 1.93. The molecule has 1 fully saturated rings. The van der Waals surface area contributed by atoms with Crippen molar-refractivity contribution in [3.8, 4) is 17.0 Å². The molecular weight excluding hydrogens is 430 g/mol. The molecule has 0 aliphatic carbocycles. The maximum atomic E-state index is 13.7. The first kappa shape index (κ1) is 23.6. The lowest BCUT2D eigenvalue weighted by molar-refractivity contribution is -0.140. The number of aromatic nitrogens is 1. The van der Waals surface area contributed by atoms with Gasteiger partial charge in [0, 0.05) is 31.7 Å². The molecule has 0 N–H and O–H groups in total. The smallest absolute Gasteiger partial charge is 0.434 e. The van der Waals surface area contributed by atoms with Crippen LogP contribution in [0.5, 0.6) is 5.88 Å². The number of carbonyl (C=O) groups excluding carboxylic acids is 1. The number of halogens is 4. The summed E-state index contributed by atoms with van der Waals surface area (Å²) in [4.78, 5) is 19.4. The van der Waals surface area contributed by atoms with Gasteiger partial charge in [-0.2, -0.15) is 13.2 Å². The van der Waals surface area contributed by atoms with Gasteiger partial charge in [0.15, 0.2) is 5.69 Å². The van der Waals surface area contributed by atoms with Gasteiger partial charge >= 0.3 is 12.3 Å². The number of anilines is 1. The zero-order valence-corrected chi connectivity index (χ0v) is 18.3. The Morgan fingerprint density at radius 3 is 2.12 bits per heavy atom. The number of piperazine rings is 1. The van der Waals surface area contributed by atoms with Crippen molar-refractivity contribution in [2.75, 3.05) is 38.2 Å². The van der Waals surface area contributed by atoms with Crippen LogP contribution in [-0.4, -0.2) is 54.9 Å². The van der Waals surface area contributed by atoms with E-state index in [0.717, 1.165) is 12.1 Å². The summed E-state index contributed by atoms with van der Waals surface area (Å²) in [6.07, 6.45) is -5.17. The molecule has 6 nitrogen and oxygen atoms in total. The molecule has 0 spiro atoms. The fraction of sp³-hybridized carbons (Fsp3) is 0.455. The molecule has 1 saturated heterocycles. The van der Waals surface area contributed by atoms with Gasteiger partial charge in [-0.05, 0) is 44.5 Å². The lowest BCUT2D eigenvalue weighted by Crippen LogP contribution is -2.50. The molecule has 2 aromatic rings. The molecule has 0 atom stereocenters. The van der Waals surface area contributed by atoms with E-state index in [1.54, 1.807) is 30.6 Å². The molecule has 0 bridgehead atoms. The van der Waals surface area contributed by atoms with Crippen molar-refractivity contribution in [2.45, 2.75) is 32.5 Å². The second-order valence-corrected chi connectivity index (χ2v) is 8.37. The monoisotopic (exact) mass is 455 g/mol. The summed E-state index contributed by atoms with van der Waals surface area (Å²) in [5, 5.41) is 0. The van der Waals surface area contributed by atoms with E-state index in [-0.39, 0.29) is 17.0 Å². The number of amides is 1. The highest BCUT2D eigenvalue weighted by Gasteiger charge is 2.38. The minimum atomic E-state index is -4.73. The van der Waals surface area contributed by atoms with Crippen LogP contribution in [0.4, 0.5) is 28.0 Å². The van der Waals surface area contributed by atoms with Crippen molar-refractivity contribution in [1.82, 2.24) is 9.88 Å². The Kier molecular flexibility index (Phi) is 6.52. The van der Waals surface area contributed by atoms with Crippen LogP contribution in [0.15, 0.2) is 30.3 Å². The van der Waals surface area contributed by atoms with Gasteiger partial charge < -0.3 is 19.3 Å². The Bertz CT molecular complexity index is 964. The maximum Gasteiger partial charge on any atom is 0.434 e. The van der Waals surface area contributed by atoms with Crippen molar-refractivity contribution in [3.05, 3.63) is 41.8 Å². The molecule has 10 heteroatoms. The zero-order valence-electron chi connectivity index (χ0n) is 18.3. The van der Waals surface area contributed by atoms with Crippen LogP contribution < -0.4 is 9.64 Å². The summed E-state index contributed by atoms with van der Waals surface area (Å²) in [6.45, 7) is 6.68. The number of nitrogens with zero attached hydrogens (tertiary/aromatic N) is 3. The first-order valence-electron chi connectivity index (χ1n) is 10.0. The van der Waals surface area contributed by atoms with Gasteiger partial charge in [-0.3, -0.25) is 0 Å². The molecule has 1 aliphatic heterocycles. The van der Waals surface area contributed by atoms with Crippen LogP contribution in [0.2, 0.25) is 0 Å². The summed E-state index contributed by atoms with van der Waals surface area (Å²) in [5.41, 5.74) is -1.37. The largest absolute Gasteiger partial charge is 0.480 e. The van der Waals surface area contributed by atoms with E-state index in [1.807, 2.05) is 0 Å². The minimum Gasteiger partial charge on any atom is -0.480 e. The molecular formula is C22H25F4N3O3. The van der Waals surface area contributed by atoms with Crippen LogP contribution in [0, 0.1) is 5.82 Å². The third-order valence-corrected chi connectivity index (χ3v) is 4.86. The van der Waals surface area contributed by atoms with Crippen molar-refractivity contribution in [3.63, 3.8) is 0 Å². The molecule has 1 amide bonds. The van der Waals surface area contributed by atoms with E-state index in [2.05, 4.69) is 4.98 Å². The van der Waals surface area contributed by atoms with Crippen molar-refractivity contribution < 1.29 is 31.8 Å². The van der Waals surface area contributed by atoms with E-state index in [1.165, 1.54) is 25.3 Å². The molecule has 0 saturated carbocycles. The van der Waals surface area contributed by atoms with Gasteiger partial charge in [-0.1, -0.05) is 12.1 Å². The summed E-state index contributed by atoms with van der Waals surface area (Å²) in [5.74, 6) is -0.726. The number of ether oxygens (including phenoxy) is 2. The van der Waals surface area contributed by atoms with Crippen molar-refractivity contribution in [1.29, 1.82) is 0 Å². The number of hydrogen-bond acceptors (Lipinski definition) is 5. The molecule has 1 aliphatic rings. The van der Waals surface area contributed by atoms with E-state index in [9.17, 15) is 22.4 Å². The predicted molar refractivity (Wildman–Crippen MR) is 111 cm³/mol. The zero-order chi connectivity index (χ0) is 23.7. The normalized spacial score (nSPS) is 15.0. The second-order valence-electron chi connectivity index (χ2n) is 8.37. The molecule has 0 unspecified atom stereocenters. The SMILES string of the molecule is COc1nc(C(F)(F)F)c(-c2ccc(F)cc2)cc1N1CCN(C(=O)OC(C)(C)C)CC1. The summed E-state index contributed by atoms with van der Waals surface area (Å²) in [7, 11) is 1.25. The second kappa shape index (κ2) is 8.84. The number of benzene rings is 1. The molecule has 2 heterocycles. The standard InChI is InChI=1S/C22H25F4N3O3/c1-21(2,3)32-20(30)29-11-9-28(10-12-29)17-13-16(14-5-7-15(23)8-6-14)18(22(24,25)26)27-19(17)31-4/h5-8,13H,9-12H2,1-4H3. The van der Waals surface area contributed by atoms with Gasteiger partial charge in [-0.15, -0.1) is 0 Å². The summed E-state index contributed by atoms with van der Waals surface area (Å²) < 4.78 is 65.0. The summed E-state index contributed by atoms with van der Waals surface area (Å²) >= 11 is 0. The Hall–Kier alpha value is -3.04. The maximum absolute atomic E-state index is 13.7. The fourth-order valence-corrected chi connectivity index (χ4v) is 3.38. The van der Waals surface area contributed by atoms with Crippen molar-refractivity contribution in [2.24, 2.45) is 0 Å². The molecule has 1 aromatic carbocycles. The van der Waals surface area contributed by atoms with Gasteiger partial charge in [0.1, 0.15) is 17.1 Å². The van der Waals surface area contributed by atoms with Crippen LogP contribution in [-0.2, 0) is 10.9 Å². The third kappa shape index (κ3) is 5.41. The number of carbonyl (C=O) groups is 1. The van der Waals surface area contributed by atoms with E-state index < -0.39 is 29.4 Å². The highest BCUT2D eigenvalue weighted by atomic mass is 19.4. The average molecular weight is 455 g/mol. The highest BCUT2D eigenvalue weighted by molar-refractivity contribution is 5.74. The third-order valence-electron chi connectivity index (χ3n) is 4.86. The number of alkyl halides is 3. The van der Waals surface area contributed by atoms with Crippen LogP contribution >= 0.6 is 0 Å². The molecule has 174 valence electrons. The number of hydrogen-bond donors (Lipinski definition) is 0. The van der Waals surface area contributed by atoms with E-state index >= 15 is 0 Å². The topological polar surface area (TPSA) is 54.9 Å². The first-order chi connectivity index (χ1) is 14.9. The van der Waals surface area contributed by atoms with Crippen LogP contribution in [0.3, 0.4) is 0 Å². The minimum absolute atomic E-state index is 0.172. The van der Waals surface area contributed by atoms with Gasteiger partial charge in [0.2, 0.25) is 5.88 Å². The lowest BCUT2D eigenvalue weighted by atomic mass is 10.0. The summed E-state index contributed by atoms with van der Waals surface area (Å²) in [6, 6.07) is 6.10. The number of methoxy groups -OCH3 is 1. The number of pyridine rings is 1. The lowest BCUT2D eigenvalue weighted by Gasteiger charge is -2.37. The molecule has 32 heavy (non-hydrogen) atoms. The van der Waals surface area contributed by atoms with Gasteiger partial charge in [0.25, 0.3) is 0 Å². The van der Waals surface area contributed by atoms with E-state index in [0.29, 0.717) is 31.9 Å². The number of rotatable bonds is 3. The molecule has 0 radical (unpaired) electrons. The van der Waals surface area contributed by atoms with Gasteiger partial charge in [-0.25, -0.2) is 14.2 Å². The Labute approximate surface area is 183 Å². The predicted octanol–water partition coefficient (Wildman–Crippen LogP) is 4.97. The average Bonchev–Trinajstić information content (AvgIpc) is 2.71. The Morgan fingerprint density at radius 2 is 1.62 bits per heavy atom. The first-order valence-corrected chi connectivity index (χ1v) is 10.0. The quantitative estimate of drug-likeness (QED) is 0.612. The Morgan fingerprint density at radius 1 is 1.03 bits per heavy atom. The highest BCUT2D eigenvalue weighted by Crippen LogP contribution is 2.41. The molecule has 1 aromatic heterocycles.